The van der Waals surface area contributed by atoms with E-state index in [2.05, 4.69) is 57.7 Å². The van der Waals surface area contributed by atoms with Crippen LogP contribution in [-0.4, -0.2) is 35.6 Å². The molecule has 0 amide bonds. The number of rotatable bonds is 4. The van der Waals surface area contributed by atoms with Crippen molar-refractivity contribution >= 4 is 30.9 Å². The summed E-state index contributed by atoms with van der Waals surface area (Å²) in [7, 11) is 0. The second kappa shape index (κ2) is 10.4. The van der Waals surface area contributed by atoms with Crippen LogP contribution in [0.1, 0.15) is 11.3 Å². The third-order valence-electron chi connectivity index (χ3n) is 3.73. The highest BCUT2D eigenvalue weighted by Gasteiger charge is 2.16. The van der Waals surface area contributed by atoms with Crippen LogP contribution in [0.25, 0.3) is 6.08 Å². The molecule has 0 bridgehead atoms. The van der Waals surface area contributed by atoms with Crippen molar-refractivity contribution in [3.05, 3.63) is 72.1 Å². The van der Waals surface area contributed by atoms with Crippen LogP contribution in [0, 0.1) is 0 Å². The molecule has 23 heavy (non-hydrogen) atoms. The fraction of sp³-hybridized carbons (Fsp3) is 0.278. The molecule has 0 radical (unpaired) electrons. The Hall–Kier alpha value is -1.39. The van der Waals surface area contributed by atoms with Crippen molar-refractivity contribution in [1.29, 1.82) is 0 Å². The van der Waals surface area contributed by atoms with Crippen LogP contribution in [0.5, 0.6) is 0 Å². The van der Waals surface area contributed by atoms with E-state index in [0.717, 1.165) is 31.9 Å². The lowest BCUT2D eigenvalue weighted by atomic mass is 10.1. The Labute approximate surface area is 150 Å². The SMILES string of the molecule is C(=C\[C@@H]1CN(Cc2ccccc2)CCN1)/c1ccccn1.Cl.Cl. The van der Waals surface area contributed by atoms with Crippen molar-refractivity contribution in [3.63, 3.8) is 0 Å². The molecule has 1 saturated heterocycles. The van der Waals surface area contributed by atoms with E-state index in [1.165, 1.54) is 5.56 Å². The van der Waals surface area contributed by atoms with Gasteiger partial charge >= 0.3 is 0 Å². The number of halogens is 2. The Bertz CT molecular complexity index is 575. The van der Waals surface area contributed by atoms with Gasteiger partial charge in [0.05, 0.1) is 5.69 Å². The first kappa shape index (κ1) is 19.7. The molecule has 1 aliphatic heterocycles. The predicted molar refractivity (Wildman–Crippen MR) is 101 cm³/mol. The summed E-state index contributed by atoms with van der Waals surface area (Å²) < 4.78 is 0. The quantitative estimate of drug-likeness (QED) is 0.914. The van der Waals surface area contributed by atoms with E-state index in [-0.39, 0.29) is 24.8 Å². The molecular formula is C18H23Cl2N3. The first-order valence-electron chi connectivity index (χ1n) is 7.49. The molecule has 5 heteroatoms. The molecule has 0 saturated carbocycles. The lowest BCUT2D eigenvalue weighted by Crippen LogP contribution is -2.49. The van der Waals surface area contributed by atoms with Crippen LogP contribution >= 0.6 is 24.8 Å². The fourth-order valence-corrected chi connectivity index (χ4v) is 2.65. The van der Waals surface area contributed by atoms with Crippen LogP contribution in [0.4, 0.5) is 0 Å². The minimum Gasteiger partial charge on any atom is -0.308 e. The van der Waals surface area contributed by atoms with Gasteiger partial charge in [0.2, 0.25) is 0 Å². The molecule has 2 heterocycles. The van der Waals surface area contributed by atoms with Crippen molar-refractivity contribution in [2.45, 2.75) is 12.6 Å². The highest BCUT2D eigenvalue weighted by atomic mass is 35.5. The van der Waals surface area contributed by atoms with Gasteiger partial charge in [-0.15, -0.1) is 24.8 Å². The molecule has 1 N–H and O–H groups in total. The van der Waals surface area contributed by atoms with Gasteiger partial charge in [0, 0.05) is 38.4 Å². The number of aromatic nitrogens is 1. The molecule has 1 aromatic heterocycles. The molecule has 0 spiro atoms. The number of piperazine rings is 1. The van der Waals surface area contributed by atoms with Gasteiger partial charge in [-0.2, -0.15) is 0 Å². The Morgan fingerprint density at radius 1 is 1.09 bits per heavy atom. The minimum absolute atomic E-state index is 0. The van der Waals surface area contributed by atoms with Gasteiger partial charge in [-0.05, 0) is 23.8 Å². The van der Waals surface area contributed by atoms with Gasteiger partial charge in [0.1, 0.15) is 0 Å². The van der Waals surface area contributed by atoms with Crippen molar-refractivity contribution in [3.8, 4) is 0 Å². The summed E-state index contributed by atoms with van der Waals surface area (Å²) in [4.78, 5) is 6.82. The zero-order valence-corrected chi connectivity index (χ0v) is 14.6. The molecule has 3 nitrogen and oxygen atoms in total. The van der Waals surface area contributed by atoms with E-state index in [4.69, 9.17) is 0 Å². The maximum absolute atomic E-state index is 4.32. The average molecular weight is 352 g/mol. The summed E-state index contributed by atoms with van der Waals surface area (Å²) >= 11 is 0. The summed E-state index contributed by atoms with van der Waals surface area (Å²) in [5, 5.41) is 3.55. The third kappa shape index (κ3) is 6.32. The number of nitrogens with zero attached hydrogens (tertiary/aromatic N) is 2. The van der Waals surface area contributed by atoms with E-state index < -0.39 is 0 Å². The second-order valence-electron chi connectivity index (χ2n) is 5.40. The standard InChI is InChI=1S/C18H21N3.2ClH/c1-2-6-16(7-3-1)14-21-13-12-20-18(15-21)10-9-17-8-4-5-11-19-17;;/h1-11,18,20H,12-15H2;2*1H/b10-9+;;/t18-;;/m1../s1. The zero-order chi connectivity index (χ0) is 14.3. The van der Waals surface area contributed by atoms with Crippen LogP contribution in [0.3, 0.4) is 0 Å². The summed E-state index contributed by atoms with van der Waals surface area (Å²) in [5.74, 6) is 0. The lowest BCUT2D eigenvalue weighted by molar-refractivity contribution is 0.210. The topological polar surface area (TPSA) is 28.2 Å². The summed E-state index contributed by atoms with van der Waals surface area (Å²) in [6, 6.07) is 17.1. The normalized spacial score (nSPS) is 18.2. The zero-order valence-electron chi connectivity index (χ0n) is 13.0. The Morgan fingerprint density at radius 3 is 2.61 bits per heavy atom. The maximum atomic E-state index is 4.32. The molecule has 0 aliphatic carbocycles. The lowest BCUT2D eigenvalue weighted by Gasteiger charge is -2.32. The van der Waals surface area contributed by atoms with Gasteiger partial charge in [0.15, 0.2) is 0 Å². The molecule has 1 aliphatic rings. The molecular weight excluding hydrogens is 329 g/mol. The minimum atomic E-state index is 0. The molecule has 2 aromatic rings. The average Bonchev–Trinajstić information content (AvgIpc) is 2.55. The van der Waals surface area contributed by atoms with Crippen molar-refractivity contribution < 1.29 is 0 Å². The highest BCUT2D eigenvalue weighted by Crippen LogP contribution is 2.09. The Kier molecular flexibility index (Phi) is 8.89. The van der Waals surface area contributed by atoms with Gasteiger partial charge in [-0.25, -0.2) is 0 Å². The number of nitrogens with one attached hydrogen (secondary N) is 1. The van der Waals surface area contributed by atoms with Crippen LogP contribution in [0.15, 0.2) is 60.8 Å². The van der Waals surface area contributed by atoms with E-state index >= 15 is 0 Å². The van der Waals surface area contributed by atoms with Crippen LogP contribution in [-0.2, 0) is 6.54 Å². The number of hydrogen-bond donors (Lipinski definition) is 1. The van der Waals surface area contributed by atoms with Crippen LogP contribution in [0.2, 0.25) is 0 Å². The largest absolute Gasteiger partial charge is 0.308 e. The number of hydrogen-bond acceptors (Lipinski definition) is 3. The Morgan fingerprint density at radius 2 is 1.87 bits per heavy atom. The second-order valence-corrected chi connectivity index (χ2v) is 5.40. The van der Waals surface area contributed by atoms with E-state index in [1.54, 1.807) is 0 Å². The van der Waals surface area contributed by atoms with Gasteiger partial charge in [-0.1, -0.05) is 42.5 Å². The summed E-state index contributed by atoms with van der Waals surface area (Å²) in [5.41, 5.74) is 2.39. The fourth-order valence-electron chi connectivity index (χ4n) is 2.65. The molecule has 1 aromatic carbocycles. The smallest absolute Gasteiger partial charge is 0.0627 e. The molecule has 1 atom stereocenters. The first-order chi connectivity index (χ1) is 10.4. The van der Waals surface area contributed by atoms with E-state index in [9.17, 15) is 0 Å². The monoisotopic (exact) mass is 351 g/mol. The molecule has 124 valence electrons. The molecule has 3 rings (SSSR count). The van der Waals surface area contributed by atoms with Crippen LogP contribution < -0.4 is 5.32 Å². The van der Waals surface area contributed by atoms with Crippen molar-refractivity contribution in [2.24, 2.45) is 0 Å². The predicted octanol–water partition coefficient (Wildman–Crippen LogP) is 3.41. The highest BCUT2D eigenvalue weighted by molar-refractivity contribution is 5.85. The number of benzene rings is 1. The number of pyridine rings is 1. The summed E-state index contributed by atoms with van der Waals surface area (Å²) in [6.45, 7) is 4.20. The van der Waals surface area contributed by atoms with E-state index in [1.807, 2.05) is 24.4 Å². The van der Waals surface area contributed by atoms with Gasteiger partial charge in [-0.3, -0.25) is 9.88 Å². The molecule has 1 fully saturated rings. The maximum Gasteiger partial charge on any atom is 0.0627 e. The first-order valence-corrected chi connectivity index (χ1v) is 7.49. The molecule has 0 unspecified atom stereocenters. The summed E-state index contributed by atoms with van der Waals surface area (Å²) in [6.07, 6.45) is 6.15. The third-order valence-corrected chi connectivity index (χ3v) is 3.73. The Balaban J connectivity index is 0.00000132. The van der Waals surface area contributed by atoms with Crippen molar-refractivity contribution in [2.75, 3.05) is 19.6 Å². The van der Waals surface area contributed by atoms with Gasteiger partial charge < -0.3 is 5.32 Å². The van der Waals surface area contributed by atoms with Crippen molar-refractivity contribution in [1.82, 2.24) is 15.2 Å². The van der Waals surface area contributed by atoms with Gasteiger partial charge in [0.25, 0.3) is 0 Å². The van der Waals surface area contributed by atoms with E-state index in [0.29, 0.717) is 6.04 Å².